The van der Waals surface area contributed by atoms with E-state index in [0.29, 0.717) is 29.1 Å². The average molecular weight is 401 g/mol. The Hall–Kier alpha value is -2.84. The second-order valence-corrected chi connectivity index (χ2v) is 6.78. The maximum Gasteiger partial charge on any atom is 0.340 e. The van der Waals surface area contributed by atoms with Crippen molar-refractivity contribution in [3.63, 3.8) is 0 Å². The largest absolute Gasteiger partial charge is 0.489 e. The molecule has 0 saturated carbocycles. The number of halogens is 1. The standard InChI is InChI=1S/C20H20FN3O3S/c1-4-9-26-14-5-6-15-12(2)16(20(25)27-17(15)11-14)10-13-7-8-23-19(18(13)21)24-28-22-3/h4-8,11,22H,1,9-10H2,2-3H3,(H,23,24). The minimum Gasteiger partial charge on any atom is -0.489 e. The zero-order valence-corrected chi connectivity index (χ0v) is 16.4. The predicted molar refractivity (Wildman–Crippen MR) is 110 cm³/mol. The van der Waals surface area contributed by atoms with Gasteiger partial charge in [0.2, 0.25) is 0 Å². The van der Waals surface area contributed by atoms with Crippen molar-refractivity contribution in [3.8, 4) is 5.75 Å². The Kier molecular flexibility index (Phi) is 6.33. The van der Waals surface area contributed by atoms with Gasteiger partial charge in [-0.25, -0.2) is 18.9 Å². The van der Waals surface area contributed by atoms with Crippen molar-refractivity contribution >= 4 is 28.9 Å². The molecule has 0 aliphatic heterocycles. The summed E-state index contributed by atoms with van der Waals surface area (Å²) < 4.78 is 31.2. The van der Waals surface area contributed by atoms with Gasteiger partial charge < -0.3 is 9.15 Å². The van der Waals surface area contributed by atoms with Crippen molar-refractivity contribution in [1.29, 1.82) is 0 Å². The molecular weight excluding hydrogens is 381 g/mol. The van der Waals surface area contributed by atoms with Gasteiger partial charge in [0.25, 0.3) is 0 Å². The van der Waals surface area contributed by atoms with Crippen molar-refractivity contribution in [2.45, 2.75) is 13.3 Å². The highest BCUT2D eigenvalue weighted by Crippen LogP contribution is 2.26. The van der Waals surface area contributed by atoms with Crippen molar-refractivity contribution in [3.05, 3.63) is 76.0 Å². The van der Waals surface area contributed by atoms with Crippen LogP contribution in [0, 0.1) is 12.7 Å². The van der Waals surface area contributed by atoms with Crippen LogP contribution >= 0.6 is 12.1 Å². The molecule has 0 unspecified atom stereocenters. The van der Waals surface area contributed by atoms with Crippen LogP contribution in [0.4, 0.5) is 10.2 Å². The molecule has 2 aromatic heterocycles. The number of pyridine rings is 1. The van der Waals surface area contributed by atoms with Crippen molar-refractivity contribution < 1.29 is 13.5 Å². The van der Waals surface area contributed by atoms with E-state index in [0.717, 1.165) is 23.1 Å². The Bertz CT molecular complexity index is 1070. The summed E-state index contributed by atoms with van der Waals surface area (Å²) in [5.41, 5.74) is 1.44. The van der Waals surface area contributed by atoms with E-state index in [9.17, 15) is 9.18 Å². The molecule has 28 heavy (non-hydrogen) atoms. The van der Waals surface area contributed by atoms with E-state index < -0.39 is 11.4 Å². The third kappa shape index (κ3) is 4.18. The fourth-order valence-corrected chi connectivity index (χ4v) is 3.15. The highest BCUT2D eigenvalue weighted by molar-refractivity contribution is 7.98. The lowest BCUT2D eigenvalue weighted by Gasteiger charge is -2.11. The zero-order valence-electron chi connectivity index (χ0n) is 15.5. The van der Waals surface area contributed by atoms with Gasteiger partial charge in [-0.3, -0.25) is 4.72 Å². The van der Waals surface area contributed by atoms with E-state index in [2.05, 4.69) is 21.0 Å². The number of nitrogens with one attached hydrogen (secondary N) is 2. The number of fused-ring (bicyclic) bond motifs is 1. The van der Waals surface area contributed by atoms with Crippen LogP contribution in [0.25, 0.3) is 11.0 Å². The summed E-state index contributed by atoms with van der Waals surface area (Å²) in [7, 11) is 1.71. The molecule has 3 rings (SSSR count). The summed E-state index contributed by atoms with van der Waals surface area (Å²) in [6.07, 6.45) is 3.24. The number of hydrogen-bond acceptors (Lipinski definition) is 7. The topological polar surface area (TPSA) is 76.4 Å². The Morgan fingerprint density at radius 2 is 2.21 bits per heavy atom. The number of ether oxygens (including phenoxy) is 1. The fraction of sp³-hybridized carbons (Fsp3) is 0.200. The number of rotatable bonds is 8. The quantitative estimate of drug-likeness (QED) is 0.336. The normalized spacial score (nSPS) is 10.8. The van der Waals surface area contributed by atoms with E-state index in [1.165, 1.54) is 6.20 Å². The van der Waals surface area contributed by atoms with Gasteiger partial charge >= 0.3 is 5.63 Å². The summed E-state index contributed by atoms with van der Waals surface area (Å²) in [5.74, 6) is 0.182. The van der Waals surface area contributed by atoms with Crippen LogP contribution in [0.1, 0.15) is 16.7 Å². The van der Waals surface area contributed by atoms with Gasteiger partial charge in [-0.1, -0.05) is 12.7 Å². The van der Waals surface area contributed by atoms with E-state index in [-0.39, 0.29) is 12.2 Å². The lowest BCUT2D eigenvalue weighted by molar-refractivity contribution is 0.363. The van der Waals surface area contributed by atoms with Crippen LogP contribution in [-0.4, -0.2) is 18.6 Å². The van der Waals surface area contributed by atoms with Gasteiger partial charge in [0, 0.05) is 41.8 Å². The first-order valence-electron chi connectivity index (χ1n) is 8.57. The SMILES string of the molecule is C=CCOc1ccc2c(C)c(Cc3ccnc(NSNC)c3F)c(=O)oc2c1. The molecule has 0 bridgehead atoms. The van der Waals surface area contributed by atoms with Crippen LogP contribution in [0.15, 0.2) is 52.3 Å². The predicted octanol–water partition coefficient (Wildman–Crippen LogP) is 3.99. The Morgan fingerprint density at radius 1 is 1.39 bits per heavy atom. The summed E-state index contributed by atoms with van der Waals surface area (Å²) in [6.45, 7) is 5.79. The average Bonchev–Trinajstić information content (AvgIpc) is 2.69. The van der Waals surface area contributed by atoms with Gasteiger partial charge in [-0.15, -0.1) is 0 Å². The number of aromatic nitrogens is 1. The van der Waals surface area contributed by atoms with Crippen LogP contribution in [0.5, 0.6) is 5.75 Å². The van der Waals surface area contributed by atoms with Crippen LogP contribution in [0.2, 0.25) is 0 Å². The Balaban J connectivity index is 1.98. The molecular formula is C20H20FN3O3S. The summed E-state index contributed by atoms with van der Waals surface area (Å²) in [4.78, 5) is 16.5. The summed E-state index contributed by atoms with van der Waals surface area (Å²) in [6, 6.07) is 6.85. The molecule has 0 aliphatic rings. The summed E-state index contributed by atoms with van der Waals surface area (Å²) in [5, 5.41) is 0.777. The first kappa shape index (κ1) is 19.9. The van der Waals surface area contributed by atoms with Crippen molar-refractivity contribution in [1.82, 2.24) is 9.71 Å². The summed E-state index contributed by atoms with van der Waals surface area (Å²) >= 11 is 1.10. The first-order valence-corrected chi connectivity index (χ1v) is 9.38. The lowest BCUT2D eigenvalue weighted by atomic mass is 10.00. The van der Waals surface area contributed by atoms with E-state index >= 15 is 0 Å². The molecule has 0 atom stereocenters. The first-order chi connectivity index (χ1) is 13.5. The molecule has 8 heteroatoms. The fourth-order valence-electron chi connectivity index (χ4n) is 2.80. The molecule has 6 nitrogen and oxygen atoms in total. The van der Waals surface area contributed by atoms with Gasteiger partial charge in [0.1, 0.15) is 17.9 Å². The monoisotopic (exact) mass is 401 g/mol. The maximum atomic E-state index is 14.7. The van der Waals surface area contributed by atoms with Gasteiger partial charge in [0.05, 0.1) is 0 Å². The highest BCUT2D eigenvalue weighted by atomic mass is 32.2. The second-order valence-electron chi connectivity index (χ2n) is 5.97. The number of nitrogens with zero attached hydrogens (tertiary/aromatic N) is 1. The zero-order chi connectivity index (χ0) is 20.1. The second kappa shape index (κ2) is 8.90. The Labute approximate surface area is 166 Å². The lowest BCUT2D eigenvalue weighted by Crippen LogP contribution is -2.12. The van der Waals surface area contributed by atoms with Crippen LogP contribution in [0.3, 0.4) is 0 Å². The molecule has 2 N–H and O–H groups in total. The van der Waals surface area contributed by atoms with Gasteiger partial charge in [0.15, 0.2) is 11.6 Å². The van der Waals surface area contributed by atoms with E-state index in [1.54, 1.807) is 31.3 Å². The van der Waals surface area contributed by atoms with Gasteiger partial charge in [-0.2, -0.15) is 0 Å². The number of anilines is 1. The van der Waals surface area contributed by atoms with Crippen molar-refractivity contribution in [2.24, 2.45) is 0 Å². The number of benzene rings is 1. The molecule has 2 heterocycles. The van der Waals surface area contributed by atoms with Crippen LogP contribution in [-0.2, 0) is 6.42 Å². The third-order valence-corrected chi connectivity index (χ3v) is 4.71. The molecule has 0 spiro atoms. The molecule has 0 amide bonds. The number of hydrogen-bond donors (Lipinski definition) is 2. The van der Waals surface area contributed by atoms with Crippen LogP contribution < -0.4 is 19.8 Å². The molecule has 0 aliphatic carbocycles. The minimum atomic E-state index is -0.502. The molecule has 0 fully saturated rings. The molecule has 1 aromatic carbocycles. The molecule has 3 aromatic rings. The smallest absolute Gasteiger partial charge is 0.340 e. The molecule has 0 radical (unpaired) electrons. The number of aryl methyl sites for hydroxylation is 1. The minimum absolute atomic E-state index is 0.101. The highest BCUT2D eigenvalue weighted by Gasteiger charge is 2.16. The Morgan fingerprint density at radius 3 is 2.96 bits per heavy atom. The molecule has 146 valence electrons. The third-order valence-electron chi connectivity index (χ3n) is 4.21. The van der Waals surface area contributed by atoms with E-state index in [4.69, 9.17) is 9.15 Å². The molecule has 0 saturated heterocycles. The van der Waals surface area contributed by atoms with E-state index in [1.807, 2.05) is 13.0 Å². The van der Waals surface area contributed by atoms with Gasteiger partial charge in [-0.05, 0) is 43.3 Å². The van der Waals surface area contributed by atoms with Crippen molar-refractivity contribution in [2.75, 3.05) is 18.4 Å². The maximum absolute atomic E-state index is 14.7.